The summed E-state index contributed by atoms with van der Waals surface area (Å²) in [5.74, 6) is -0.792. The molecule has 0 saturated carbocycles. The molecule has 2 N–H and O–H groups in total. The summed E-state index contributed by atoms with van der Waals surface area (Å²) >= 11 is 0. The van der Waals surface area contributed by atoms with Gasteiger partial charge in [0.05, 0.1) is 17.8 Å². The van der Waals surface area contributed by atoms with Crippen LogP contribution in [0, 0.1) is 11.6 Å². The fraction of sp³-hybridized carbons (Fsp3) is 0.250. The maximum absolute atomic E-state index is 13.8. The highest BCUT2D eigenvalue weighted by Gasteiger charge is 2.30. The lowest BCUT2D eigenvalue weighted by Crippen LogP contribution is -2.39. The van der Waals surface area contributed by atoms with Crippen LogP contribution in [0.2, 0.25) is 0 Å². The second kappa shape index (κ2) is 6.01. The van der Waals surface area contributed by atoms with E-state index in [2.05, 4.69) is 5.32 Å². The van der Waals surface area contributed by atoms with E-state index < -0.39 is 11.4 Å². The Labute approximate surface area is 117 Å². The summed E-state index contributed by atoms with van der Waals surface area (Å²) in [7, 11) is 0. The molecule has 0 aliphatic rings. The molecular weight excluding hydrogens is 260 g/mol. The largest absolute Gasteiger partial charge is 0.394 e. The monoisotopic (exact) mass is 277 g/mol. The van der Waals surface area contributed by atoms with Gasteiger partial charge in [0.15, 0.2) is 0 Å². The van der Waals surface area contributed by atoms with Gasteiger partial charge < -0.3 is 10.4 Å². The maximum atomic E-state index is 13.8. The van der Waals surface area contributed by atoms with Gasteiger partial charge in [-0.3, -0.25) is 0 Å². The standard InChI is InChI=1S/C16H17F2NO/c1-2-16(11-20,12-6-5-7-13(17)10-12)19-15-9-4-3-8-14(15)18/h3-10,19-20H,2,11H2,1H3. The first-order chi connectivity index (χ1) is 9.61. The van der Waals surface area contributed by atoms with Gasteiger partial charge in [0.1, 0.15) is 11.6 Å². The number of hydrogen-bond donors (Lipinski definition) is 2. The van der Waals surface area contributed by atoms with Crippen LogP contribution in [0.25, 0.3) is 0 Å². The number of aliphatic hydroxyl groups excluding tert-OH is 1. The lowest BCUT2D eigenvalue weighted by Gasteiger charge is -2.34. The number of aliphatic hydroxyl groups is 1. The summed E-state index contributed by atoms with van der Waals surface area (Å²) in [6, 6.07) is 12.2. The molecule has 0 amide bonds. The Morgan fingerprint density at radius 1 is 1.10 bits per heavy atom. The molecule has 1 atom stereocenters. The third-order valence-electron chi connectivity index (χ3n) is 3.50. The summed E-state index contributed by atoms with van der Waals surface area (Å²) in [6.45, 7) is 1.59. The van der Waals surface area contributed by atoms with Crippen molar-refractivity contribution < 1.29 is 13.9 Å². The molecular formula is C16H17F2NO. The van der Waals surface area contributed by atoms with E-state index in [1.807, 2.05) is 6.92 Å². The molecule has 0 aliphatic heterocycles. The van der Waals surface area contributed by atoms with Crippen LogP contribution in [0.3, 0.4) is 0 Å². The minimum atomic E-state index is -0.912. The minimum Gasteiger partial charge on any atom is -0.394 e. The molecule has 4 heteroatoms. The van der Waals surface area contributed by atoms with E-state index in [0.29, 0.717) is 12.0 Å². The van der Waals surface area contributed by atoms with Crippen LogP contribution in [-0.4, -0.2) is 11.7 Å². The van der Waals surface area contributed by atoms with Gasteiger partial charge in [-0.05, 0) is 36.2 Å². The molecule has 0 spiro atoms. The molecule has 0 radical (unpaired) electrons. The van der Waals surface area contributed by atoms with Crippen LogP contribution >= 0.6 is 0 Å². The van der Waals surface area contributed by atoms with Crippen LogP contribution in [0.5, 0.6) is 0 Å². The molecule has 0 heterocycles. The average molecular weight is 277 g/mol. The second-order valence-electron chi connectivity index (χ2n) is 4.71. The zero-order valence-electron chi connectivity index (χ0n) is 11.2. The van der Waals surface area contributed by atoms with Crippen LogP contribution in [0.15, 0.2) is 48.5 Å². The van der Waals surface area contributed by atoms with E-state index in [-0.39, 0.29) is 18.1 Å². The Balaban J connectivity index is 2.42. The summed E-state index contributed by atoms with van der Waals surface area (Å²) in [5, 5.41) is 12.8. The smallest absolute Gasteiger partial charge is 0.146 e. The Morgan fingerprint density at radius 3 is 2.45 bits per heavy atom. The molecule has 106 valence electrons. The molecule has 0 saturated heterocycles. The topological polar surface area (TPSA) is 32.3 Å². The summed E-state index contributed by atoms with van der Waals surface area (Å²) in [4.78, 5) is 0. The van der Waals surface area contributed by atoms with Crippen molar-refractivity contribution in [3.05, 3.63) is 65.7 Å². The van der Waals surface area contributed by atoms with Crippen LogP contribution in [0.4, 0.5) is 14.5 Å². The Hall–Kier alpha value is -1.94. The van der Waals surface area contributed by atoms with Gasteiger partial charge in [0.2, 0.25) is 0 Å². The third-order valence-corrected chi connectivity index (χ3v) is 3.50. The minimum absolute atomic E-state index is 0.263. The predicted octanol–water partition coefficient (Wildman–Crippen LogP) is 3.67. The number of anilines is 1. The van der Waals surface area contributed by atoms with Gasteiger partial charge in [-0.1, -0.05) is 31.2 Å². The van der Waals surface area contributed by atoms with Crippen molar-refractivity contribution in [2.75, 3.05) is 11.9 Å². The number of para-hydroxylation sites is 1. The molecule has 0 aromatic heterocycles. The normalized spacial score (nSPS) is 13.8. The zero-order chi connectivity index (χ0) is 14.6. The van der Waals surface area contributed by atoms with Crippen molar-refractivity contribution >= 4 is 5.69 Å². The maximum Gasteiger partial charge on any atom is 0.146 e. The van der Waals surface area contributed by atoms with E-state index in [0.717, 1.165) is 0 Å². The number of hydrogen-bond acceptors (Lipinski definition) is 2. The highest BCUT2D eigenvalue weighted by molar-refractivity contribution is 5.49. The summed E-state index contributed by atoms with van der Waals surface area (Å²) in [6.07, 6.45) is 0.487. The van der Waals surface area contributed by atoms with E-state index >= 15 is 0 Å². The molecule has 0 aliphatic carbocycles. The third kappa shape index (κ3) is 2.80. The van der Waals surface area contributed by atoms with E-state index in [1.165, 1.54) is 18.2 Å². The van der Waals surface area contributed by atoms with Crippen LogP contribution in [0.1, 0.15) is 18.9 Å². The Kier molecular flexibility index (Phi) is 4.35. The first-order valence-electron chi connectivity index (χ1n) is 6.51. The first kappa shape index (κ1) is 14.5. The predicted molar refractivity (Wildman–Crippen MR) is 75.5 cm³/mol. The number of rotatable bonds is 5. The Bertz CT molecular complexity index is 582. The molecule has 1 unspecified atom stereocenters. The van der Waals surface area contributed by atoms with Gasteiger partial charge in [-0.25, -0.2) is 8.78 Å². The first-order valence-corrected chi connectivity index (χ1v) is 6.51. The van der Waals surface area contributed by atoms with Crippen molar-refractivity contribution in [1.82, 2.24) is 0 Å². The molecule has 2 aromatic carbocycles. The van der Waals surface area contributed by atoms with Gasteiger partial charge in [-0.2, -0.15) is 0 Å². The second-order valence-corrected chi connectivity index (χ2v) is 4.71. The van der Waals surface area contributed by atoms with Crippen molar-refractivity contribution in [2.24, 2.45) is 0 Å². The molecule has 2 rings (SSSR count). The molecule has 0 fully saturated rings. The van der Waals surface area contributed by atoms with E-state index in [9.17, 15) is 13.9 Å². The van der Waals surface area contributed by atoms with Gasteiger partial charge in [0, 0.05) is 0 Å². The SMILES string of the molecule is CCC(CO)(Nc1ccccc1F)c1cccc(F)c1. The number of nitrogens with one attached hydrogen (secondary N) is 1. The van der Waals surface area contributed by atoms with Crippen LogP contribution in [-0.2, 0) is 5.54 Å². The van der Waals surface area contributed by atoms with Crippen molar-refractivity contribution in [3.63, 3.8) is 0 Å². The Morgan fingerprint density at radius 2 is 1.85 bits per heavy atom. The fourth-order valence-corrected chi connectivity index (χ4v) is 2.21. The van der Waals surface area contributed by atoms with Crippen LogP contribution < -0.4 is 5.32 Å². The van der Waals surface area contributed by atoms with Gasteiger partial charge in [-0.15, -0.1) is 0 Å². The number of halogens is 2. The van der Waals surface area contributed by atoms with Crippen molar-refractivity contribution in [1.29, 1.82) is 0 Å². The highest BCUT2D eigenvalue weighted by Crippen LogP contribution is 2.30. The van der Waals surface area contributed by atoms with Crippen molar-refractivity contribution in [2.45, 2.75) is 18.9 Å². The highest BCUT2D eigenvalue weighted by atomic mass is 19.1. The number of benzene rings is 2. The zero-order valence-corrected chi connectivity index (χ0v) is 11.2. The molecule has 20 heavy (non-hydrogen) atoms. The molecule has 2 aromatic rings. The van der Waals surface area contributed by atoms with E-state index in [1.54, 1.807) is 30.3 Å². The lowest BCUT2D eigenvalue weighted by molar-refractivity contribution is 0.207. The van der Waals surface area contributed by atoms with E-state index in [4.69, 9.17) is 0 Å². The summed E-state index contributed by atoms with van der Waals surface area (Å²) < 4.78 is 27.2. The average Bonchev–Trinajstić information content (AvgIpc) is 2.47. The fourth-order valence-electron chi connectivity index (χ4n) is 2.21. The van der Waals surface area contributed by atoms with Gasteiger partial charge >= 0.3 is 0 Å². The van der Waals surface area contributed by atoms with Gasteiger partial charge in [0.25, 0.3) is 0 Å². The molecule has 2 nitrogen and oxygen atoms in total. The quantitative estimate of drug-likeness (QED) is 0.874. The molecule has 0 bridgehead atoms. The van der Waals surface area contributed by atoms with Crippen molar-refractivity contribution in [3.8, 4) is 0 Å². The lowest BCUT2D eigenvalue weighted by atomic mass is 9.87. The summed E-state index contributed by atoms with van der Waals surface area (Å²) in [5.41, 5.74) is -0.0389.